The largest absolute Gasteiger partial charge is 0.497 e. The Kier molecular flexibility index (Phi) is 11.6. The number of methoxy groups -OCH3 is 1. The maximum Gasteiger partial charge on any atom is 0.232 e. The molecule has 0 radical (unpaired) electrons. The average molecular weight is 575 g/mol. The first-order chi connectivity index (χ1) is 18.0. The minimum Gasteiger partial charge on any atom is -0.497 e. The highest BCUT2D eigenvalue weighted by Crippen LogP contribution is 2.28. The normalized spacial score (nSPS) is 12.1. The molecule has 1 atom stereocenters. The molecule has 0 bridgehead atoms. The van der Waals surface area contributed by atoms with Crippen molar-refractivity contribution < 1.29 is 27.5 Å². The van der Waals surface area contributed by atoms with Crippen LogP contribution in [0, 0.1) is 11.3 Å². The van der Waals surface area contributed by atoms with Gasteiger partial charge in [0.15, 0.2) is 0 Å². The molecule has 3 rings (SSSR count). The molecule has 0 heterocycles. The number of hydrogen-bond acceptors (Lipinski definition) is 6. The summed E-state index contributed by atoms with van der Waals surface area (Å²) in [7, 11) is 2.15. The van der Waals surface area contributed by atoms with E-state index < -0.39 is 16.1 Å². The number of quaternary nitrogens is 1. The van der Waals surface area contributed by atoms with Gasteiger partial charge < -0.3 is 19.1 Å². The highest BCUT2D eigenvalue weighted by molar-refractivity contribution is 7.92. The van der Waals surface area contributed by atoms with Crippen LogP contribution in [0.25, 0.3) is 0 Å². The second-order valence-corrected chi connectivity index (χ2v) is 11.9. The molecule has 10 heteroatoms. The Hall–Kier alpha value is -3.29. The van der Waals surface area contributed by atoms with Gasteiger partial charge in [0.05, 0.1) is 51.8 Å². The van der Waals surface area contributed by atoms with Crippen LogP contribution < -0.4 is 13.8 Å². The van der Waals surface area contributed by atoms with Gasteiger partial charge in [0.25, 0.3) is 0 Å². The van der Waals surface area contributed by atoms with E-state index in [2.05, 4.69) is 20.2 Å². The van der Waals surface area contributed by atoms with E-state index in [0.717, 1.165) is 30.5 Å². The molecule has 0 aliphatic heterocycles. The lowest BCUT2D eigenvalue weighted by atomic mass is 10.1. The third kappa shape index (κ3) is 9.75. The maximum absolute atomic E-state index is 12.5. The molecule has 3 aromatic rings. The van der Waals surface area contributed by atoms with Gasteiger partial charge in [0, 0.05) is 6.42 Å². The average Bonchev–Trinajstić information content (AvgIpc) is 2.89. The van der Waals surface area contributed by atoms with Crippen molar-refractivity contribution in [2.45, 2.75) is 19.1 Å². The summed E-state index contributed by atoms with van der Waals surface area (Å²) in [5.41, 5.74) is 2.59. The highest BCUT2D eigenvalue weighted by atomic mass is 35.5. The van der Waals surface area contributed by atoms with Crippen molar-refractivity contribution in [3.63, 3.8) is 0 Å². The molecule has 0 fully saturated rings. The van der Waals surface area contributed by atoms with Crippen LogP contribution >= 0.6 is 12.4 Å². The van der Waals surface area contributed by atoms with E-state index in [1.54, 1.807) is 19.2 Å². The van der Waals surface area contributed by atoms with Gasteiger partial charge >= 0.3 is 0 Å². The molecule has 0 aromatic heterocycles. The van der Waals surface area contributed by atoms with E-state index in [0.29, 0.717) is 22.5 Å². The van der Waals surface area contributed by atoms with E-state index in [-0.39, 0.29) is 31.1 Å². The SMILES string of the molecule is COc1ccc(CC[N+](C)(C)CC(O)COc2ccc(N(Cc3ccccc3)S(C)(=O)=O)cc2C#N)cc1.Cl. The Morgan fingerprint density at radius 1 is 1.03 bits per heavy atom. The number of benzene rings is 3. The van der Waals surface area contributed by atoms with Crippen molar-refractivity contribution in [3.05, 3.63) is 89.5 Å². The molecule has 210 valence electrons. The Labute approximate surface area is 238 Å². The molecule has 0 saturated heterocycles. The molecule has 0 spiro atoms. The number of anilines is 1. The van der Waals surface area contributed by atoms with Crippen LogP contribution in [-0.4, -0.2) is 71.3 Å². The fourth-order valence-electron chi connectivity index (χ4n) is 4.16. The number of nitriles is 1. The topological polar surface area (TPSA) is 99.9 Å². The van der Waals surface area contributed by atoms with Crippen LogP contribution in [0.1, 0.15) is 16.7 Å². The number of sulfonamides is 1. The molecular formula is C29H37ClN3O5S+. The number of rotatable bonds is 13. The van der Waals surface area contributed by atoms with Crippen LogP contribution in [0.4, 0.5) is 5.69 Å². The van der Waals surface area contributed by atoms with Gasteiger partial charge in [-0.2, -0.15) is 5.26 Å². The predicted octanol–water partition coefficient (Wildman–Crippen LogP) is 4.01. The summed E-state index contributed by atoms with van der Waals surface area (Å²) in [6, 6.07) is 24.0. The minimum absolute atomic E-state index is 0. The lowest BCUT2D eigenvalue weighted by Gasteiger charge is -2.32. The van der Waals surface area contributed by atoms with Crippen LogP contribution in [0.2, 0.25) is 0 Å². The van der Waals surface area contributed by atoms with Crippen molar-refractivity contribution in [2.75, 3.05) is 51.5 Å². The quantitative estimate of drug-likeness (QED) is 0.310. The Bertz CT molecular complexity index is 1340. The number of ether oxygens (including phenoxy) is 2. The third-order valence-corrected chi connectivity index (χ3v) is 7.38. The number of likely N-dealkylation sites (N-methyl/N-ethyl adjacent to an activating group) is 1. The number of hydrogen-bond donors (Lipinski definition) is 1. The van der Waals surface area contributed by atoms with E-state index in [1.807, 2.05) is 54.6 Å². The lowest BCUT2D eigenvalue weighted by molar-refractivity contribution is -0.893. The molecule has 0 saturated carbocycles. The van der Waals surface area contributed by atoms with E-state index in [9.17, 15) is 18.8 Å². The molecule has 1 unspecified atom stereocenters. The van der Waals surface area contributed by atoms with E-state index in [1.165, 1.54) is 15.9 Å². The minimum atomic E-state index is -3.59. The van der Waals surface area contributed by atoms with Gasteiger partial charge in [-0.05, 0) is 41.5 Å². The van der Waals surface area contributed by atoms with Crippen molar-refractivity contribution in [1.82, 2.24) is 0 Å². The summed E-state index contributed by atoms with van der Waals surface area (Å²) < 4.78 is 37.9. The van der Waals surface area contributed by atoms with E-state index in [4.69, 9.17) is 9.47 Å². The molecule has 1 N–H and O–H groups in total. The summed E-state index contributed by atoms with van der Waals surface area (Å²) in [6.07, 6.45) is 1.24. The molecular weight excluding hydrogens is 538 g/mol. The highest BCUT2D eigenvalue weighted by Gasteiger charge is 2.23. The Balaban J connectivity index is 0.00000533. The zero-order valence-corrected chi connectivity index (χ0v) is 24.4. The molecule has 39 heavy (non-hydrogen) atoms. The molecule has 0 aliphatic rings. The summed E-state index contributed by atoms with van der Waals surface area (Å²) in [4.78, 5) is 0. The van der Waals surface area contributed by atoms with Gasteiger partial charge in [-0.3, -0.25) is 4.31 Å². The second-order valence-electron chi connectivity index (χ2n) is 9.95. The Morgan fingerprint density at radius 2 is 1.69 bits per heavy atom. The first-order valence-corrected chi connectivity index (χ1v) is 14.2. The second kappa shape index (κ2) is 14.2. The van der Waals surface area contributed by atoms with Crippen molar-refractivity contribution >= 4 is 28.1 Å². The maximum atomic E-state index is 12.5. The summed E-state index contributed by atoms with van der Waals surface area (Å²) in [6.45, 7) is 1.45. The third-order valence-electron chi connectivity index (χ3n) is 6.24. The first-order valence-electron chi connectivity index (χ1n) is 12.3. The van der Waals surface area contributed by atoms with Crippen LogP contribution in [-0.2, 0) is 23.0 Å². The van der Waals surface area contributed by atoms with Gasteiger partial charge in [-0.1, -0.05) is 42.5 Å². The van der Waals surface area contributed by atoms with Crippen LogP contribution in [0.5, 0.6) is 11.5 Å². The first kappa shape index (κ1) is 31.9. The van der Waals surface area contributed by atoms with Crippen molar-refractivity contribution in [1.29, 1.82) is 5.26 Å². The zero-order valence-electron chi connectivity index (χ0n) is 22.8. The van der Waals surface area contributed by atoms with Gasteiger partial charge in [0.1, 0.15) is 36.8 Å². The van der Waals surface area contributed by atoms with Gasteiger partial charge in [-0.25, -0.2) is 8.42 Å². The molecule has 0 amide bonds. The summed E-state index contributed by atoms with van der Waals surface area (Å²) >= 11 is 0. The summed E-state index contributed by atoms with van der Waals surface area (Å²) in [5.74, 6) is 1.12. The standard InChI is InChI=1S/C29H36N3O5S.ClH/c1-32(2,17-16-23-10-13-28(36-3)14-11-23)21-27(33)22-37-29-15-12-26(18-25(29)19-30)31(38(4,34)35)20-24-8-6-5-7-9-24;/h5-15,18,27,33H,16-17,20-22H2,1-4H3;1H/q+1;. The zero-order chi connectivity index (χ0) is 27.8. The van der Waals surface area contributed by atoms with Crippen LogP contribution in [0.3, 0.4) is 0 Å². The monoisotopic (exact) mass is 574 g/mol. The van der Waals surface area contributed by atoms with Crippen molar-refractivity contribution in [2.24, 2.45) is 0 Å². The van der Waals surface area contributed by atoms with Crippen LogP contribution in [0.15, 0.2) is 72.8 Å². The fraction of sp³-hybridized carbons (Fsp3) is 0.345. The number of aliphatic hydroxyl groups is 1. The van der Waals surface area contributed by atoms with Gasteiger partial charge in [0.2, 0.25) is 10.0 Å². The predicted molar refractivity (Wildman–Crippen MR) is 156 cm³/mol. The molecule has 3 aromatic carbocycles. The number of halogens is 1. The van der Waals surface area contributed by atoms with E-state index >= 15 is 0 Å². The number of aliphatic hydroxyl groups excluding tert-OH is 1. The molecule has 8 nitrogen and oxygen atoms in total. The Morgan fingerprint density at radius 3 is 2.28 bits per heavy atom. The molecule has 0 aliphatic carbocycles. The summed E-state index contributed by atoms with van der Waals surface area (Å²) in [5, 5.41) is 20.4. The fourth-order valence-corrected chi connectivity index (χ4v) is 5.04. The lowest BCUT2D eigenvalue weighted by Crippen LogP contribution is -2.48. The number of nitrogens with zero attached hydrogens (tertiary/aromatic N) is 3. The smallest absolute Gasteiger partial charge is 0.232 e. The van der Waals surface area contributed by atoms with Gasteiger partial charge in [-0.15, -0.1) is 12.4 Å². The van der Waals surface area contributed by atoms with Crippen molar-refractivity contribution in [3.8, 4) is 17.6 Å².